The van der Waals surface area contributed by atoms with Crippen LogP contribution in [0.25, 0.3) is 10.1 Å². The molecule has 7 rings (SSSR count). The van der Waals surface area contributed by atoms with Crippen molar-refractivity contribution in [2.75, 3.05) is 44.2 Å². The van der Waals surface area contributed by atoms with Crippen LogP contribution in [0.15, 0.2) is 36.4 Å². The Morgan fingerprint density at radius 3 is 2.47 bits per heavy atom. The van der Waals surface area contributed by atoms with E-state index in [1.54, 1.807) is 16.4 Å². The number of piperazine rings is 1. The van der Waals surface area contributed by atoms with Crippen molar-refractivity contribution in [3.05, 3.63) is 36.4 Å². The number of rotatable bonds is 5. The molecule has 2 aliphatic heterocycles. The summed E-state index contributed by atoms with van der Waals surface area (Å²) in [5.41, 5.74) is 1.21. The Balaban J connectivity index is 0.990. The van der Waals surface area contributed by atoms with Gasteiger partial charge in [0.2, 0.25) is 11.8 Å². The number of hydrogen-bond acceptors (Lipinski definition) is 6. The lowest BCUT2D eigenvalue weighted by atomic mass is 9.78. The molecule has 3 saturated carbocycles. The molecule has 5 aliphatic rings. The molecule has 0 N–H and O–H groups in total. The number of aromatic nitrogens is 1. The number of nitrogens with zero attached hydrogens (tertiary/aromatic N) is 4. The molecule has 6 atom stereocenters. The molecule has 2 saturated heterocycles. The molecule has 3 heterocycles. The van der Waals surface area contributed by atoms with Gasteiger partial charge in [-0.2, -0.15) is 4.37 Å². The van der Waals surface area contributed by atoms with Crippen LogP contribution < -0.4 is 4.90 Å². The highest BCUT2D eigenvalue weighted by atomic mass is 32.1. The molecule has 1 aromatic heterocycles. The molecule has 5 fully saturated rings. The molecular formula is C29H36N4O2S. The van der Waals surface area contributed by atoms with E-state index < -0.39 is 0 Å². The van der Waals surface area contributed by atoms with Crippen LogP contribution in [0.1, 0.15) is 38.5 Å². The van der Waals surface area contributed by atoms with Crippen molar-refractivity contribution < 1.29 is 9.59 Å². The number of fused-ring (bicyclic) bond motifs is 6. The Kier molecular flexibility index (Phi) is 5.69. The van der Waals surface area contributed by atoms with Crippen molar-refractivity contribution in [1.82, 2.24) is 14.2 Å². The van der Waals surface area contributed by atoms with Gasteiger partial charge >= 0.3 is 0 Å². The fourth-order valence-electron chi connectivity index (χ4n) is 8.19. The maximum Gasteiger partial charge on any atom is 0.233 e. The highest BCUT2D eigenvalue weighted by molar-refractivity contribution is 7.13. The molecule has 7 heteroatoms. The van der Waals surface area contributed by atoms with Crippen molar-refractivity contribution in [3.63, 3.8) is 0 Å². The van der Waals surface area contributed by atoms with Gasteiger partial charge in [0.05, 0.1) is 16.5 Å². The molecule has 2 aromatic rings. The van der Waals surface area contributed by atoms with E-state index in [-0.39, 0.29) is 29.6 Å². The minimum absolute atomic E-state index is 0.0510. The largest absolute Gasteiger partial charge is 0.353 e. The van der Waals surface area contributed by atoms with Crippen molar-refractivity contribution in [2.24, 2.45) is 35.5 Å². The highest BCUT2D eigenvalue weighted by Gasteiger charge is 2.62. The van der Waals surface area contributed by atoms with E-state index in [2.05, 4.69) is 40.6 Å². The van der Waals surface area contributed by atoms with E-state index in [0.29, 0.717) is 24.3 Å². The van der Waals surface area contributed by atoms with Crippen LogP contribution in [0.4, 0.5) is 5.82 Å². The maximum absolute atomic E-state index is 13.4. The molecule has 0 spiro atoms. The predicted octanol–water partition coefficient (Wildman–Crippen LogP) is 4.42. The predicted molar refractivity (Wildman–Crippen MR) is 143 cm³/mol. The second-order valence-corrected chi connectivity index (χ2v) is 12.7. The summed E-state index contributed by atoms with van der Waals surface area (Å²) >= 11 is 1.59. The summed E-state index contributed by atoms with van der Waals surface area (Å²) < 4.78 is 6.02. The quantitative estimate of drug-likeness (QED) is 0.446. The summed E-state index contributed by atoms with van der Waals surface area (Å²) in [5.74, 6) is 2.87. The van der Waals surface area contributed by atoms with Gasteiger partial charge in [0.15, 0.2) is 0 Å². The Morgan fingerprint density at radius 2 is 1.67 bits per heavy atom. The normalized spacial score (nSPS) is 34.8. The van der Waals surface area contributed by atoms with Crippen LogP contribution in [-0.4, -0.2) is 65.3 Å². The van der Waals surface area contributed by atoms with Crippen LogP contribution in [0.3, 0.4) is 0 Å². The van der Waals surface area contributed by atoms with Crippen molar-refractivity contribution in [1.29, 1.82) is 0 Å². The van der Waals surface area contributed by atoms with E-state index in [4.69, 9.17) is 4.37 Å². The van der Waals surface area contributed by atoms with E-state index in [9.17, 15) is 9.59 Å². The van der Waals surface area contributed by atoms with Crippen LogP contribution >= 0.6 is 11.5 Å². The number of anilines is 1. The van der Waals surface area contributed by atoms with Gasteiger partial charge in [-0.25, -0.2) is 0 Å². The fourth-order valence-corrected chi connectivity index (χ4v) is 8.98. The highest BCUT2D eigenvalue weighted by Crippen LogP contribution is 2.58. The zero-order valence-electron chi connectivity index (χ0n) is 21.0. The number of allylic oxidation sites excluding steroid dienone is 1. The zero-order chi connectivity index (χ0) is 24.4. The van der Waals surface area contributed by atoms with E-state index in [1.807, 2.05) is 0 Å². The summed E-state index contributed by atoms with van der Waals surface area (Å²) in [5, 5.41) is 1.27. The third-order valence-corrected chi connectivity index (χ3v) is 10.9. The lowest BCUT2D eigenvalue weighted by molar-refractivity contribution is -0.142. The Hall–Kier alpha value is -2.25. The van der Waals surface area contributed by atoms with Crippen LogP contribution in [0.5, 0.6) is 0 Å². The van der Waals surface area contributed by atoms with Crippen LogP contribution in [0, 0.1) is 35.5 Å². The van der Waals surface area contributed by atoms with Crippen molar-refractivity contribution >= 4 is 39.3 Å². The van der Waals surface area contributed by atoms with Gasteiger partial charge < -0.3 is 4.90 Å². The van der Waals surface area contributed by atoms with Crippen molar-refractivity contribution in [3.8, 4) is 0 Å². The average Bonchev–Trinajstić information content (AvgIpc) is 3.64. The first-order valence-electron chi connectivity index (χ1n) is 13.9. The molecule has 2 amide bonds. The molecule has 6 nitrogen and oxygen atoms in total. The van der Waals surface area contributed by atoms with Crippen LogP contribution in [-0.2, 0) is 9.59 Å². The van der Waals surface area contributed by atoms with Crippen molar-refractivity contribution in [2.45, 2.75) is 38.5 Å². The molecule has 1 aromatic carbocycles. The lowest BCUT2D eigenvalue weighted by Crippen LogP contribution is -2.49. The summed E-state index contributed by atoms with van der Waals surface area (Å²) in [6.45, 7) is 10.1. The fraction of sp³-hybridized carbons (Fsp3) is 0.621. The van der Waals surface area contributed by atoms with E-state index in [0.717, 1.165) is 57.8 Å². The number of carbonyl (C=O) groups excluding carboxylic acids is 2. The Labute approximate surface area is 217 Å². The number of benzene rings is 1. The minimum atomic E-state index is -0.0966. The monoisotopic (exact) mass is 504 g/mol. The van der Waals surface area contributed by atoms with Gasteiger partial charge in [-0.3, -0.25) is 19.4 Å². The minimum Gasteiger partial charge on any atom is -0.353 e. The first-order valence-corrected chi connectivity index (χ1v) is 14.7. The second-order valence-electron chi connectivity index (χ2n) is 11.9. The molecule has 0 radical (unpaired) electrons. The van der Waals surface area contributed by atoms with E-state index >= 15 is 0 Å². The lowest BCUT2D eigenvalue weighted by Gasteiger charge is -2.40. The standard InChI is InChI=1S/C29H36N4O2S/c1-18-14-21-15-23(18)26-25(21)28(34)33(29(26)35)17-20-7-3-2-6-19(20)16-31-10-12-32(13-11-31)27-22-8-4-5-9-24(22)36-30-27/h4-5,8-9,19-21,23,25-26H,1-3,6-7,10-17H2/t19-,20-,21-,23-,25-,26+/m0/s1. The molecule has 36 heavy (non-hydrogen) atoms. The van der Waals surface area contributed by atoms with Crippen LogP contribution in [0.2, 0.25) is 0 Å². The van der Waals surface area contributed by atoms with Gasteiger partial charge in [-0.05, 0) is 73.0 Å². The van der Waals surface area contributed by atoms with Gasteiger partial charge in [0, 0.05) is 44.7 Å². The van der Waals surface area contributed by atoms with E-state index in [1.165, 1.54) is 34.9 Å². The Bertz CT molecular complexity index is 1200. The SMILES string of the molecule is C=C1C[C@H]2C[C@@H]1[C@H]1C(=O)N(C[C@@H]3CCCC[C@H]3CN3CCN(c4nsc5ccccc45)CC3)C(=O)[C@@H]21. The summed E-state index contributed by atoms with van der Waals surface area (Å²) in [4.78, 5) is 33.5. The number of likely N-dealkylation sites (tertiary alicyclic amines) is 1. The number of imide groups is 1. The molecule has 2 bridgehead atoms. The maximum atomic E-state index is 13.4. The smallest absolute Gasteiger partial charge is 0.233 e. The third kappa shape index (κ3) is 3.65. The molecule has 190 valence electrons. The number of carbonyl (C=O) groups is 2. The number of hydrogen-bond donors (Lipinski definition) is 0. The average molecular weight is 505 g/mol. The summed E-state index contributed by atoms with van der Waals surface area (Å²) in [6, 6.07) is 8.52. The summed E-state index contributed by atoms with van der Waals surface area (Å²) in [7, 11) is 0. The van der Waals surface area contributed by atoms with Gasteiger partial charge in [-0.15, -0.1) is 0 Å². The topological polar surface area (TPSA) is 56.8 Å². The molecular weight excluding hydrogens is 468 g/mol. The number of amides is 2. The zero-order valence-corrected chi connectivity index (χ0v) is 21.8. The van der Waals surface area contributed by atoms with Gasteiger partial charge in [-0.1, -0.05) is 37.1 Å². The van der Waals surface area contributed by atoms with Gasteiger partial charge in [0.25, 0.3) is 0 Å². The second kappa shape index (κ2) is 8.95. The molecule has 0 unspecified atom stereocenters. The summed E-state index contributed by atoms with van der Waals surface area (Å²) in [6.07, 6.45) is 6.80. The van der Waals surface area contributed by atoms with Gasteiger partial charge in [0.1, 0.15) is 5.82 Å². The molecule has 3 aliphatic carbocycles. The first kappa shape index (κ1) is 22.9. The first-order chi connectivity index (χ1) is 17.6. The Morgan fingerprint density at radius 1 is 0.944 bits per heavy atom. The third-order valence-electron chi connectivity index (χ3n) is 10.0.